The number of likely N-dealkylation sites (tertiary alicyclic amines) is 1. The van der Waals surface area contributed by atoms with Crippen molar-refractivity contribution in [3.63, 3.8) is 0 Å². The van der Waals surface area contributed by atoms with E-state index >= 15 is 0 Å². The average Bonchev–Trinajstić information content (AvgIpc) is 2.65. The van der Waals surface area contributed by atoms with E-state index in [1.54, 1.807) is 18.2 Å². The van der Waals surface area contributed by atoms with Crippen LogP contribution in [-0.2, 0) is 19.6 Å². The second kappa shape index (κ2) is 8.97. The molecule has 0 unspecified atom stereocenters. The first-order chi connectivity index (χ1) is 12.6. The number of carbonyl (C=O) groups is 1. The summed E-state index contributed by atoms with van der Waals surface area (Å²) < 4.78 is 0. The molecule has 0 spiro atoms. The van der Waals surface area contributed by atoms with Gasteiger partial charge in [-0.25, -0.2) is 4.79 Å². The number of rotatable bonds is 7. The van der Waals surface area contributed by atoms with Crippen molar-refractivity contribution in [3.8, 4) is 0 Å². The van der Waals surface area contributed by atoms with E-state index in [0.717, 1.165) is 24.6 Å². The zero-order valence-electron chi connectivity index (χ0n) is 15.4. The first kappa shape index (κ1) is 18.6. The minimum absolute atomic E-state index is 0.334. The lowest BCUT2D eigenvalue weighted by Gasteiger charge is -2.30. The van der Waals surface area contributed by atoms with E-state index in [1.165, 1.54) is 37.1 Å². The first-order valence-electron chi connectivity index (χ1n) is 9.43. The topological polar surface area (TPSA) is 52.6 Å². The molecule has 0 aromatic heterocycles. The van der Waals surface area contributed by atoms with Crippen LogP contribution in [0.2, 0.25) is 0 Å². The predicted octanol–water partition coefficient (Wildman–Crippen LogP) is 3.91. The molecule has 0 saturated carbocycles. The highest BCUT2D eigenvalue weighted by atomic mass is 16.4. The number of nitrogens with zero attached hydrogens (tertiary/aromatic N) is 1. The first-order valence-corrected chi connectivity index (χ1v) is 9.43. The van der Waals surface area contributed by atoms with Crippen molar-refractivity contribution in [2.45, 2.75) is 39.4 Å². The molecule has 0 aliphatic carbocycles. The lowest BCUT2D eigenvalue weighted by atomic mass is 9.99. The maximum absolute atomic E-state index is 11.0. The fourth-order valence-corrected chi connectivity index (χ4v) is 3.41. The van der Waals surface area contributed by atoms with Crippen molar-refractivity contribution >= 4 is 5.97 Å². The van der Waals surface area contributed by atoms with E-state index in [9.17, 15) is 4.79 Å². The van der Waals surface area contributed by atoms with Crippen molar-refractivity contribution in [1.29, 1.82) is 0 Å². The number of hydrogen-bond donors (Lipinski definition) is 2. The number of nitrogens with one attached hydrogen (secondary N) is 1. The molecule has 1 saturated heterocycles. The molecule has 1 aliphatic heterocycles. The molecular formula is C22H28N2O2. The molecule has 2 aromatic rings. The predicted molar refractivity (Wildman–Crippen MR) is 104 cm³/mol. The van der Waals surface area contributed by atoms with Crippen molar-refractivity contribution in [1.82, 2.24) is 10.2 Å². The summed E-state index contributed by atoms with van der Waals surface area (Å²) in [5.74, 6) is -0.0125. The SMILES string of the molecule is CC1CCN(Cc2ccc(CNCc3cccc(C(=O)O)c3)cc2)CC1. The lowest BCUT2D eigenvalue weighted by molar-refractivity contribution is 0.0696. The van der Waals surface area contributed by atoms with Gasteiger partial charge in [0.05, 0.1) is 5.56 Å². The van der Waals surface area contributed by atoms with Gasteiger partial charge >= 0.3 is 5.97 Å². The Morgan fingerprint density at radius 3 is 2.38 bits per heavy atom. The number of carboxylic acids is 1. The van der Waals surface area contributed by atoms with Gasteiger partial charge in [0.15, 0.2) is 0 Å². The molecule has 1 aliphatic rings. The molecule has 0 amide bonds. The standard InChI is InChI=1S/C22H28N2O2/c1-17-9-11-24(12-10-17)16-19-7-5-18(6-8-19)14-23-15-20-3-2-4-21(13-20)22(25)26/h2-8,13,17,23H,9-12,14-16H2,1H3,(H,25,26). The van der Waals surface area contributed by atoms with Crippen LogP contribution in [0.1, 0.15) is 46.8 Å². The maximum atomic E-state index is 11.0. The zero-order chi connectivity index (χ0) is 18.4. The molecule has 1 heterocycles. The van der Waals surface area contributed by atoms with Gasteiger partial charge in [-0.1, -0.05) is 43.3 Å². The molecule has 2 N–H and O–H groups in total. The number of aromatic carboxylic acids is 1. The number of hydrogen-bond acceptors (Lipinski definition) is 3. The molecule has 0 bridgehead atoms. The summed E-state index contributed by atoms with van der Waals surface area (Å²) in [7, 11) is 0. The molecule has 4 nitrogen and oxygen atoms in total. The molecule has 4 heteroatoms. The molecule has 2 aromatic carbocycles. The van der Waals surface area contributed by atoms with Crippen molar-refractivity contribution in [2.75, 3.05) is 13.1 Å². The van der Waals surface area contributed by atoms with Gasteiger partial charge in [-0.2, -0.15) is 0 Å². The third-order valence-corrected chi connectivity index (χ3v) is 5.14. The summed E-state index contributed by atoms with van der Waals surface area (Å²) >= 11 is 0. The third kappa shape index (κ3) is 5.41. The minimum Gasteiger partial charge on any atom is -0.478 e. The fraction of sp³-hybridized carbons (Fsp3) is 0.409. The van der Waals surface area contributed by atoms with Crippen LogP contribution in [0.15, 0.2) is 48.5 Å². The Bertz CT molecular complexity index is 719. The molecule has 0 radical (unpaired) electrons. The molecule has 3 rings (SSSR count). The third-order valence-electron chi connectivity index (χ3n) is 5.14. The van der Waals surface area contributed by atoms with Crippen LogP contribution in [0.5, 0.6) is 0 Å². The Hall–Kier alpha value is -2.17. The average molecular weight is 352 g/mol. The largest absolute Gasteiger partial charge is 0.478 e. The highest BCUT2D eigenvalue weighted by molar-refractivity contribution is 5.87. The Morgan fingerprint density at radius 1 is 1.04 bits per heavy atom. The smallest absolute Gasteiger partial charge is 0.335 e. The van der Waals surface area contributed by atoms with Gasteiger partial charge in [0.1, 0.15) is 0 Å². The molecule has 138 valence electrons. The van der Waals surface area contributed by atoms with Crippen LogP contribution in [0.3, 0.4) is 0 Å². The monoisotopic (exact) mass is 352 g/mol. The van der Waals surface area contributed by atoms with Crippen LogP contribution in [0, 0.1) is 5.92 Å². The number of carboxylic acid groups (broad SMARTS) is 1. The van der Waals surface area contributed by atoms with E-state index in [4.69, 9.17) is 5.11 Å². The Labute approximate surface area is 155 Å². The molecule has 0 atom stereocenters. The molecular weight excluding hydrogens is 324 g/mol. The van der Waals surface area contributed by atoms with E-state index in [-0.39, 0.29) is 0 Å². The quantitative estimate of drug-likeness (QED) is 0.793. The summed E-state index contributed by atoms with van der Waals surface area (Å²) in [4.78, 5) is 13.6. The highest BCUT2D eigenvalue weighted by Gasteiger charge is 2.15. The Morgan fingerprint density at radius 2 is 1.69 bits per heavy atom. The van der Waals surface area contributed by atoms with Crippen molar-refractivity contribution in [2.24, 2.45) is 5.92 Å². The summed E-state index contributed by atoms with van der Waals surface area (Å²) in [6.45, 7) is 7.24. The zero-order valence-corrected chi connectivity index (χ0v) is 15.4. The fourth-order valence-electron chi connectivity index (χ4n) is 3.41. The van der Waals surface area contributed by atoms with E-state index in [0.29, 0.717) is 12.1 Å². The molecule has 1 fully saturated rings. The van der Waals surface area contributed by atoms with Crippen LogP contribution < -0.4 is 5.32 Å². The van der Waals surface area contributed by atoms with Gasteiger partial charge in [0, 0.05) is 19.6 Å². The Kier molecular flexibility index (Phi) is 6.42. The number of piperidine rings is 1. The van der Waals surface area contributed by atoms with Crippen LogP contribution >= 0.6 is 0 Å². The Balaban J connectivity index is 1.45. The lowest BCUT2D eigenvalue weighted by Crippen LogP contribution is -2.32. The second-order valence-electron chi connectivity index (χ2n) is 7.38. The molecule has 26 heavy (non-hydrogen) atoms. The van der Waals surface area contributed by atoms with E-state index in [2.05, 4.69) is 41.4 Å². The van der Waals surface area contributed by atoms with Crippen molar-refractivity contribution in [3.05, 3.63) is 70.8 Å². The summed E-state index contributed by atoms with van der Waals surface area (Å²) in [5.41, 5.74) is 3.94. The summed E-state index contributed by atoms with van der Waals surface area (Å²) in [6, 6.07) is 15.9. The van der Waals surface area contributed by atoms with Gasteiger partial charge in [0.2, 0.25) is 0 Å². The summed E-state index contributed by atoms with van der Waals surface area (Å²) in [6.07, 6.45) is 2.62. The van der Waals surface area contributed by atoms with Gasteiger partial charge in [-0.3, -0.25) is 4.90 Å². The van der Waals surface area contributed by atoms with Crippen LogP contribution in [0.25, 0.3) is 0 Å². The summed E-state index contributed by atoms with van der Waals surface area (Å²) in [5, 5.41) is 12.4. The van der Waals surface area contributed by atoms with Crippen LogP contribution in [0.4, 0.5) is 0 Å². The van der Waals surface area contributed by atoms with Crippen LogP contribution in [-0.4, -0.2) is 29.1 Å². The van der Waals surface area contributed by atoms with Crippen molar-refractivity contribution < 1.29 is 9.90 Å². The maximum Gasteiger partial charge on any atom is 0.335 e. The van der Waals surface area contributed by atoms with Gasteiger partial charge in [-0.15, -0.1) is 0 Å². The van der Waals surface area contributed by atoms with Gasteiger partial charge < -0.3 is 10.4 Å². The minimum atomic E-state index is -0.884. The van der Waals surface area contributed by atoms with Gasteiger partial charge in [-0.05, 0) is 60.7 Å². The van der Waals surface area contributed by atoms with E-state index in [1.807, 2.05) is 6.07 Å². The van der Waals surface area contributed by atoms with Gasteiger partial charge in [0.25, 0.3) is 0 Å². The highest BCUT2D eigenvalue weighted by Crippen LogP contribution is 2.18. The number of benzene rings is 2. The second-order valence-corrected chi connectivity index (χ2v) is 7.38. The van der Waals surface area contributed by atoms with E-state index < -0.39 is 5.97 Å². The normalized spacial score (nSPS) is 15.9.